The molecule has 0 aliphatic heterocycles. The maximum atomic E-state index is 4.47. The minimum absolute atomic E-state index is 0.786. The summed E-state index contributed by atoms with van der Waals surface area (Å²) in [4.78, 5) is 4.47. The highest BCUT2D eigenvalue weighted by atomic mass is 14.7. The third-order valence-corrected chi connectivity index (χ3v) is 3.02. The maximum absolute atomic E-state index is 4.47. The van der Waals surface area contributed by atoms with Gasteiger partial charge in [0.15, 0.2) is 0 Å². The normalized spacial score (nSPS) is 16.1. The van der Waals surface area contributed by atoms with Crippen LogP contribution in [0.4, 0.5) is 0 Å². The number of hydrogen-bond acceptors (Lipinski definition) is 1. The second-order valence-electron chi connectivity index (χ2n) is 4.12. The minimum atomic E-state index is 0.786. The van der Waals surface area contributed by atoms with Crippen LogP contribution in [-0.4, -0.2) is 4.98 Å². The highest BCUT2D eigenvalue weighted by Gasteiger charge is 2.27. The van der Waals surface area contributed by atoms with Crippen LogP contribution in [0.25, 0.3) is 10.8 Å². The monoisotopic (exact) mass is 183 g/mol. The van der Waals surface area contributed by atoms with E-state index in [4.69, 9.17) is 0 Å². The number of hydrogen-bond donors (Lipinski definition) is 0. The molecule has 1 heterocycles. The van der Waals surface area contributed by atoms with E-state index in [1.165, 1.54) is 34.9 Å². The molecule has 1 aromatic heterocycles. The molecule has 0 radical (unpaired) electrons. The molecule has 1 aromatic carbocycles. The lowest BCUT2D eigenvalue weighted by Crippen LogP contribution is -1.91. The molecule has 0 N–H and O–H groups in total. The summed E-state index contributed by atoms with van der Waals surface area (Å²) >= 11 is 0. The molecule has 1 fully saturated rings. The molecule has 2 aromatic rings. The largest absolute Gasteiger partial charge is 0.261 e. The highest BCUT2D eigenvalue weighted by Crippen LogP contribution is 2.44. The molecule has 0 bridgehead atoms. The van der Waals surface area contributed by atoms with E-state index in [1.807, 2.05) is 6.20 Å². The van der Waals surface area contributed by atoms with Crippen molar-refractivity contribution < 1.29 is 0 Å². The van der Waals surface area contributed by atoms with Gasteiger partial charge in [-0.1, -0.05) is 24.3 Å². The van der Waals surface area contributed by atoms with E-state index < -0.39 is 0 Å². The zero-order chi connectivity index (χ0) is 9.54. The lowest BCUT2D eigenvalue weighted by Gasteiger charge is -2.07. The fourth-order valence-corrected chi connectivity index (χ4v) is 2.17. The summed E-state index contributed by atoms with van der Waals surface area (Å²) < 4.78 is 0. The van der Waals surface area contributed by atoms with E-state index >= 15 is 0 Å². The predicted octanol–water partition coefficient (Wildman–Crippen LogP) is 3.42. The number of pyridine rings is 1. The minimum Gasteiger partial charge on any atom is -0.261 e. The summed E-state index contributed by atoms with van der Waals surface area (Å²) in [5, 5.41) is 2.68. The second kappa shape index (κ2) is 2.81. The van der Waals surface area contributed by atoms with Crippen molar-refractivity contribution in [2.45, 2.75) is 25.7 Å². The molecule has 0 unspecified atom stereocenters. The Labute approximate surface area is 83.8 Å². The van der Waals surface area contributed by atoms with E-state index in [0.717, 1.165) is 5.92 Å². The van der Waals surface area contributed by atoms with Gasteiger partial charge >= 0.3 is 0 Å². The molecule has 0 spiro atoms. The van der Waals surface area contributed by atoms with Crippen LogP contribution in [0.1, 0.15) is 30.0 Å². The number of nitrogens with zero attached hydrogens (tertiary/aromatic N) is 1. The molecule has 0 saturated heterocycles. The molecule has 14 heavy (non-hydrogen) atoms. The van der Waals surface area contributed by atoms with Crippen LogP contribution >= 0.6 is 0 Å². The van der Waals surface area contributed by atoms with E-state index in [9.17, 15) is 0 Å². The highest BCUT2D eigenvalue weighted by molar-refractivity contribution is 5.86. The Hall–Kier alpha value is -1.37. The van der Waals surface area contributed by atoms with Crippen molar-refractivity contribution in [1.82, 2.24) is 4.98 Å². The lowest BCUT2D eigenvalue weighted by molar-refractivity contribution is 1.06. The van der Waals surface area contributed by atoms with E-state index in [2.05, 4.69) is 36.2 Å². The van der Waals surface area contributed by atoms with Gasteiger partial charge in [-0.15, -0.1) is 0 Å². The van der Waals surface area contributed by atoms with Crippen LogP contribution in [0, 0.1) is 6.92 Å². The summed E-state index contributed by atoms with van der Waals surface area (Å²) in [5.41, 5.74) is 2.70. The number of rotatable bonds is 1. The smallest absolute Gasteiger partial charge is 0.0413 e. The zero-order valence-corrected chi connectivity index (χ0v) is 8.33. The summed E-state index contributed by atoms with van der Waals surface area (Å²) in [7, 11) is 0. The molecule has 1 nitrogen and oxygen atoms in total. The molecule has 0 atom stereocenters. The van der Waals surface area contributed by atoms with Crippen molar-refractivity contribution in [2.75, 3.05) is 0 Å². The SMILES string of the molecule is Cc1ncc2ccccc2c1C1CC1. The summed E-state index contributed by atoms with van der Waals surface area (Å²) in [6.45, 7) is 2.13. The first-order valence-corrected chi connectivity index (χ1v) is 5.20. The first-order valence-electron chi connectivity index (χ1n) is 5.20. The van der Waals surface area contributed by atoms with Crippen molar-refractivity contribution in [2.24, 2.45) is 0 Å². The quantitative estimate of drug-likeness (QED) is 0.660. The zero-order valence-electron chi connectivity index (χ0n) is 8.33. The van der Waals surface area contributed by atoms with Crippen molar-refractivity contribution in [3.8, 4) is 0 Å². The standard InChI is InChI=1S/C13H13N/c1-9-13(10-6-7-10)12-5-3-2-4-11(12)8-14-9/h2-5,8,10H,6-7H2,1H3. The van der Waals surface area contributed by atoms with E-state index in [-0.39, 0.29) is 0 Å². The topological polar surface area (TPSA) is 12.9 Å². The van der Waals surface area contributed by atoms with Crippen LogP contribution in [0.3, 0.4) is 0 Å². The van der Waals surface area contributed by atoms with Gasteiger partial charge in [0.2, 0.25) is 0 Å². The lowest BCUT2D eigenvalue weighted by atomic mass is 10.0. The van der Waals surface area contributed by atoms with Gasteiger partial charge in [0.05, 0.1) is 0 Å². The Balaban J connectivity index is 2.37. The molecule has 70 valence electrons. The van der Waals surface area contributed by atoms with Gasteiger partial charge < -0.3 is 0 Å². The third kappa shape index (κ3) is 1.12. The molecule has 1 aliphatic rings. The Kier molecular flexibility index (Phi) is 1.60. The van der Waals surface area contributed by atoms with Crippen LogP contribution in [0.15, 0.2) is 30.5 Å². The molecule has 1 aliphatic carbocycles. The summed E-state index contributed by atoms with van der Waals surface area (Å²) in [5.74, 6) is 0.786. The van der Waals surface area contributed by atoms with Crippen molar-refractivity contribution in [3.05, 3.63) is 41.7 Å². The van der Waals surface area contributed by atoms with Crippen LogP contribution < -0.4 is 0 Å². The van der Waals surface area contributed by atoms with Gasteiger partial charge in [0.25, 0.3) is 0 Å². The Bertz CT molecular complexity index is 484. The van der Waals surface area contributed by atoms with Crippen molar-refractivity contribution in [3.63, 3.8) is 0 Å². The van der Waals surface area contributed by atoms with E-state index in [0.29, 0.717) is 0 Å². The van der Waals surface area contributed by atoms with Gasteiger partial charge in [-0.25, -0.2) is 0 Å². The van der Waals surface area contributed by atoms with Gasteiger partial charge in [-0.2, -0.15) is 0 Å². The van der Waals surface area contributed by atoms with Crippen LogP contribution in [0.2, 0.25) is 0 Å². The van der Waals surface area contributed by atoms with Crippen molar-refractivity contribution in [1.29, 1.82) is 0 Å². The average Bonchev–Trinajstić information content (AvgIpc) is 3.01. The van der Waals surface area contributed by atoms with Gasteiger partial charge in [-0.05, 0) is 36.6 Å². The fourth-order valence-electron chi connectivity index (χ4n) is 2.17. The van der Waals surface area contributed by atoms with Gasteiger partial charge in [0, 0.05) is 17.3 Å². The first-order chi connectivity index (χ1) is 6.86. The van der Waals surface area contributed by atoms with Crippen LogP contribution in [0.5, 0.6) is 0 Å². The Morgan fingerprint density at radius 3 is 2.79 bits per heavy atom. The van der Waals surface area contributed by atoms with Gasteiger partial charge in [0.1, 0.15) is 0 Å². The average molecular weight is 183 g/mol. The number of benzene rings is 1. The summed E-state index contributed by atoms with van der Waals surface area (Å²) in [6.07, 6.45) is 4.67. The Morgan fingerprint density at radius 2 is 2.00 bits per heavy atom. The number of aryl methyl sites for hydroxylation is 1. The first kappa shape index (κ1) is 7.98. The molecule has 1 saturated carbocycles. The molecule has 0 amide bonds. The number of aromatic nitrogens is 1. The fraction of sp³-hybridized carbons (Fsp3) is 0.308. The molecule has 1 heteroatoms. The molecular weight excluding hydrogens is 170 g/mol. The van der Waals surface area contributed by atoms with Gasteiger partial charge in [-0.3, -0.25) is 4.98 Å². The van der Waals surface area contributed by atoms with Crippen molar-refractivity contribution >= 4 is 10.8 Å². The van der Waals surface area contributed by atoms with Crippen LogP contribution in [-0.2, 0) is 0 Å². The Morgan fingerprint density at radius 1 is 1.21 bits per heavy atom. The molecular formula is C13H13N. The number of fused-ring (bicyclic) bond motifs is 1. The molecule has 3 rings (SSSR count). The predicted molar refractivity (Wildman–Crippen MR) is 58.5 cm³/mol. The second-order valence-corrected chi connectivity index (χ2v) is 4.12. The van der Waals surface area contributed by atoms with E-state index in [1.54, 1.807) is 0 Å². The maximum Gasteiger partial charge on any atom is 0.0413 e. The third-order valence-electron chi connectivity index (χ3n) is 3.02. The summed E-state index contributed by atoms with van der Waals surface area (Å²) in [6, 6.07) is 8.56.